The van der Waals surface area contributed by atoms with Gasteiger partial charge in [0.05, 0.1) is 7.11 Å². The van der Waals surface area contributed by atoms with Crippen LogP contribution in [0.25, 0.3) is 0 Å². The lowest BCUT2D eigenvalue weighted by molar-refractivity contribution is 0.0954. The lowest BCUT2D eigenvalue weighted by atomic mass is 10.1. The maximum absolute atomic E-state index is 11.7. The summed E-state index contributed by atoms with van der Waals surface area (Å²) in [4.78, 5) is 11.7. The maximum atomic E-state index is 11.7. The van der Waals surface area contributed by atoms with Crippen molar-refractivity contribution in [3.63, 3.8) is 0 Å². The number of hydrogen-bond acceptors (Lipinski definition) is 2. The van der Waals surface area contributed by atoms with Crippen molar-refractivity contribution in [3.05, 3.63) is 42.0 Å². The average Bonchev–Trinajstić information content (AvgIpc) is 2.30. The largest absolute Gasteiger partial charge is 0.496 e. The number of aryl methyl sites for hydroxylation is 1. The minimum atomic E-state index is -0.0832. The summed E-state index contributed by atoms with van der Waals surface area (Å²) in [5, 5.41) is 2.80. The van der Waals surface area contributed by atoms with Crippen LogP contribution in [0.15, 0.2) is 30.9 Å². The maximum Gasteiger partial charge on any atom is 0.251 e. The van der Waals surface area contributed by atoms with Crippen LogP contribution in [-0.2, 0) is 0 Å². The van der Waals surface area contributed by atoms with Crippen molar-refractivity contribution in [2.75, 3.05) is 13.7 Å². The van der Waals surface area contributed by atoms with Crippen LogP contribution in [0.1, 0.15) is 22.3 Å². The number of hydrogen-bond donors (Lipinski definition) is 1. The Hall–Kier alpha value is -1.77. The summed E-state index contributed by atoms with van der Waals surface area (Å²) >= 11 is 0. The smallest absolute Gasteiger partial charge is 0.251 e. The number of nitrogens with one attached hydrogen (secondary N) is 1. The normalized spacial score (nSPS) is 9.62. The summed E-state index contributed by atoms with van der Waals surface area (Å²) < 4.78 is 5.17. The Labute approximate surface area is 96.1 Å². The summed E-state index contributed by atoms with van der Waals surface area (Å²) in [5.41, 5.74) is 1.64. The van der Waals surface area contributed by atoms with E-state index >= 15 is 0 Å². The van der Waals surface area contributed by atoms with Crippen molar-refractivity contribution in [1.82, 2.24) is 5.32 Å². The number of carbonyl (C=O) groups is 1. The third-order valence-corrected chi connectivity index (χ3v) is 2.30. The lowest BCUT2D eigenvalue weighted by Crippen LogP contribution is -2.24. The van der Waals surface area contributed by atoms with Crippen molar-refractivity contribution < 1.29 is 9.53 Å². The van der Waals surface area contributed by atoms with Gasteiger partial charge < -0.3 is 10.1 Å². The number of ether oxygens (including phenoxy) is 1. The highest BCUT2D eigenvalue weighted by Crippen LogP contribution is 2.18. The molecule has 0 fully saturated rings. The van der Waals surface area contributed by atoms with Crippen LogP contribution < -0.4 is 10.1 Å². The van der Waals surface area contributed by atoms with E-state index in [1.165, 1.54) is 0 Å². The Balaban J connectivity index is 2.72. The Morgan fingerprint density at radius 1 is 1.56 bits per heavy atom. The van der Waals surface area contributed by atoms with Gasteiger partial charge in [0.1, 0.15) is 5.75 Å². The summed E-state index contributed by atoms with van der Waals surface area (Å²) in [6.07, 6.45) is 2.55. The van der Waals surface area contributed by atoms with E-state index < -0.39 is 0 Å². The van der Waals surface area contributed by atoms with E-state index in [1.54, 1.807) is 25.3 Å². The lowest BCUT2D eigenvalue weighted by Gasteiger charge is -2.07. The van der Waals surface area contributed by atoms with Crippen LogP contribution >= 0.6 is 0 Å². The molecule has 0 spiro atoms. The molecule has 3 heteroatoms. The Morgan fingerprint density at radius 2 is 2.31 bits per heavy atom. The zero-order valence-corrected chi connectivity index (χ0v) is 9.75. The van der Waals surface area contributed by atoms with Crippen LogP contribution in [0.2, 0.25) is 0 Å². The van der Waals surface area contributed by atoms with Gasteiger partial charge in [-0.05, 0) is 31.0 Å². The number of benzene rings is 1. The summed E-state index contributed by atoms with van der Waals surface area (Å²) in [7, 11) is 1.60. The molecular weight excluding hydrogens is 202 g/mol. The molecule has 1 N–H and O–H groups in total. The molecule has 3 nitrogen and oxygen atoms in total. The second-order valence-electron chi connectivity index (χ2n) is 3.52. The van der Waals surface area contributed by atoms with Gasteiger partial charge in [-0.25, -0.2) is 0 Å². The molecule has 0 unspecified atom stereocenters. The first-order chi connectivity index (χ1) is 7.69. The Kier molecular flexibility index (Phi) is 4.58. The predicted octanol–water partition coefficient (Wildman–Crippen LogP) is 2.31. The van der Waals surface area contributed by atoms with Gasteiger partial charge in [0, 0.05) is 12.1 Å². The molecule has 0 bridgehead atoms. The minimum Gasteiger partial charge on any atom is -0.496 e. The molecule has 86 valence electrons. The highest BCUT2D eigenvalue weighted by atomic mass is 16.5. The molecule has 0 aliphatic rings. The summed E-state index contributed by atoms with van der Waals surface area (Å²) in [5.74, 6) is 0.650. The first-order valence-electron chi connectivity index (χ1n) is 5.22. The van der Waals surface area contributed by atoms with Gasteiger partial charge in [0.25, 0.3) is 5.91 Å². The number of rotatable bonds is 5. The zero-order chi connectivity index (χ0) is 12.0. The Bertz CT molecular complexity index is 386. The van der Waals surface area contributed by atoms with Crippen LogP contribution in [0.5, 0.6) is 5.75 Å². The third-order valence-electron chi connectivity index (χ3n) is 2.30. The molecule has 0 atom stereocenters. The van der Waals surface area contributed by atoms with Crippen molar-refractivity contribution in [1.29, 1.82) is 0 Å². The second-order valence-corrected chi connectivity index (χ2v) is 3.52. The Morgan fingerprint density at radius 3 is 2.94 bits per heavy atom. The van der Waals surface area contributed by atoms with Gasteiger partial charge in [-0.3, -0.25) is 4.79 Å². The molecule has 1 aromatic rings. The fourth-order valence-corrected chi connectivity index (χ4v) is 1.35. The van der Waals surface area contributed by atoms with Crippen molar-refractivity contribution in [2.45, 2.75) is 13.3 Å². The fraction of sp³-hybridized carbons (Fsp3) is 0.308. The number of carbonyl (C=O) groups excluding carboxylic acids is 1. The quantitative estimate of drug-likeness (QED) is 0.609. The zero-order valence-electron chi connectivity index (χ0n) is 9.75. The number of methoxy groups -OCH3 is 1. The second kappa shape index (κ2) is 5.95. The first-order valence-corrected chi connectivity index (χ1v) is 5.22. The van der Waals surface area contributed by atoms with E-state index in [0.717, 1.165) is 17.7 Å². The predicted molar refractivity (Wildman–Crippen MR) is 64.9 cm³/mol. The molecule has 16 heavy (non-hydrogen) atoms. The standard InChI is InChI=1S/C13H17NO2/c1-4-5-8-14-13(15)11-7-6-10(2)12(9-11)16-3/h4,6-7,9H,1,5,8H2,2-3H3,(H,14,15). The topological polar surface area (TPSA) is 38.3 Å². The molecule has 1 amide bonds. The fourth-order valence-electron chi connectivity index (χ4n) is 1.35. The van der Waals surface area contributed by atoms with Crippen LogP contribution in [0.4, 0.5) is 0 Å². The van der Waals surface area contributed by atoms with E-state index in [0.29, 0.717) is 12.1 Å². The molecule has 0 heterocycles. The van der Waals surface area contributed by atoms with Crippen molar-refractivity contribution in [3.8, 4) is 5.75 Å². The van der Waals surface area contributed by atoms with Gasteiger partial charge >= 0.3 is 0 Å². The molecule has 0 aliphatic heterocycles. The van der Waals surface area contributed by atoms with Crippen LogP contribution in [0, 0.1) is 6.92 Å². The molecule has 0 radical (unpaired) electrons. The molecule has 1 rings (SSSR count). The van der Waals surface area contributed by atoms with Crippen LogP contribution in [-0.4, -0.2) is 19.6 Å². The molecule has 0 saturated carbocycles. The average molecular weight is 219 g/mol. The van der Waals surface area contributed by atoms with E-state index in [4.69, 9.17) is 4.74 Å². The van der Waals surface area contributed by atoms with Gasteiger partial charge in [-0.1, -0.05) is 12.1 Å². The van der Waals surface area contributed by atoms with Gasteiger partial charge in [0.15, 0.2) is 0 Å². The molecular formula is C13H17NO2. The van der Waals surface area contributed by atoms with Gasteiger partial charge in [-0.2, -0.15) is 0 Å². The summed E-state index contributed by atoms with van der Waals surface area (Å²) in [6.45, 7) is 6.15. The van der Waals surface area contributed by atoms with E-state index in [1.807, 2.05) is 13.0 Å². The molecule has 0 aliphatic carbocycles. The van der Waals surface area contributed by atoms with E-state index in [2.05, 4.69) is 11.9 Å². The van der Waals surface area contributed by atoms with Crippen LogP contribution in [0.3, 0.4) is 0 Å². The van der Waals surface area contributed by atoms with Gasteiger partial charge in [0.2, 0.25) is 0 Å². The third kappa shape index (κ3) is 3.12. The van der Waals surface area contributed by atoms with E-state index in [9.17, 15) is 4.79 Å². The van der Waals surface area contributed by atoms with E-state index in [-0.39, 0.29) is 5.91 Å². The SMILES string of the molecule is C=CCCNC(=O)c1ccc(C)c(OC)c1. The van der Waals surface area contributed by atoms with Gasteiger partial charge in [-0.15, -0.1) is 6.58 Å². The summed E-state index contributed by atoms with van der Waals surface area (Å²) in [6, 6.07) is 5.42. The molecule has 0 saturated heterocycles. The highest BCUT2D eigenvalue weighted by Gasteiger charge is 2.07. The van der Waals surface area contributed by atoms with Crippen molar-refractivity contribution in [2.24, 2.45) is 0 Å². The minimum absolute atomic E-state index is 0.0832. The monoisotopic (exact) mass is 219 g/mol. The highest BCUT2D eigenvalue weighted by molar-refractivity contribution is 5.94. The molecule has 1 aromatic carbocycles. The first kappa shape index (κ1) is 12.3. The molecule has 0 aromatic heterocycles. The number of amides is 1. The van der Waals surface area contributed by atoms with Crippen molar-refractivity contribution >= 4 is 5.91 Å².